The van der Waals surface area contributed by atoms with E-state index in [-0.39, 0.29) is 6.04 Å². The van der Waals surface area contributed by atoms with Crippen molar-refractivity contribution in [3.8, 4) is 17.7 Å². The SMILES string of the molecule is COc1cc(C#N)cnc1NC1CCC(COc2nc(N3CCOCC3)cc3ncc(NS(C)(=O)=O)cc23)CC1. The number of ether oxygens (including phenoxy) is 3. The number of morpholine rings is 1. The van der Waals surface area contributed by atoms with Crippen LogP contribution < -0.4 is 24.4 Å². The number of hydrogen-bond donors (Lipinski definition) is 2. The maximum absolute atomic E-state index is 11.8. The first-order valence-corrected chi connectivity index (χ1v) is 15.1. The lowest BCUT2D eigenvalue weighted by Crippen LogP contribution is -2.36. The van der Waals surface area contributed by atoms with Crippen molar-refractivity contribution in [3.05, 3.63) is 36.2 Å². The van der Waals surface area contributed by atoms with E-state index in [4.69, 9.17) is 24.5 Å². The van der Waals surface area contributed by atoms with Crippen LogP contribution in [0.1, 0.15) is 31.2 Å². The van der Waals surface area contributed by atoms with Gasteiger partial charge in [0.1, 0.15) is 11.9 Å². The zero-order chi connectivity index (χ0) is 28.1. The van der Waals surface area contributed by atoms with Gasteiger partial charge in [0.05, 0.1) is 61.5 Å². The summed E-state index contributed by atoms with van der Waals surface area (Å²) < 4.78 is 43.3. The molecule has 1 saturated heterocycles. The van der Waals surface area contributed by atoms with Gasteiger partial charge in [0.25, 0.3) is 0 Å². The van der Waals surface area contributed by atoms with Crippen LogP contribution in [0, 0.1) is 17.2 Å². The Bertz CT molecular complexity index is 1500. The molecule has 13 heteroatoms. The van der Waals surface area contributed by atoms with Crippen LogP contribution in [0.3, 0.4) is 0 Å². The Morgan fingerprint density at radius 3 is 2.60 bits per heavy atom. The fourth-order valence-electron chi connectivity index (χ4n) is 5.05. The van der Waals surface area contributed by atoms with Gasteiger partial charge in [-0.15, -0.1) is 0 Å². The summed E-state index contributed by atoms with van der Waals surface area (Å²) in [4.78, 5) is 15.8. The highest BCUT2D eigenvalue weighted by atomic mass is 32.2. The average Bonchev–Trinajstić information content (AvgIpc) is 2.96. The van der Waals surface area contributed by atoms with E-state index in [9.17, 15) is 8.42 Å². The Kier molecular flexibility index (Phi) is 8.37. The second-order valence-corrected chi connectivity index (χ2v) is 11.9. The number of methoxy groups -OCH3 is 1. The molecule has 4 heterocycles. The summed E-state index contributed by atoms with van der Waals surface area (Å²) in [5.41, 5.74) is 1.50. The van der Waals surface area contributed by atoms with Crippen LogP contribution in [0.5, 0.6) is 11.6 Å². The summed E-state index contributed by atoms with van der Waals surface area (Å²) in [6, 6.07) is 7.62. The van der Waals surface area contributed by atoms with Crippen molar-refractivity contribution in [3.63, 3.8) is 0 Å². The Morgan fingerprint density at radius 2 is 1.90 bits per heavy atom. The highest BCUT2D eigenvalue weighted by Gasteiger charge is 2.24. The fourth-order valence-corrected chi connectivity index (χ4v) is 5.59. The number of nitriles is 1. The third-order valence-electron chi connectivity index (χ3n) is 7.11. The molecule has 5 rings (SSSR count). The molecule has 0 radical (unpaired) electrons. The predicted octanol–water partition coefficient (Wildman–Crippen LogP) is 3.16. The number of pyridine rings is 3. The summed E-state index contributed by atoms with van der Waals surface area (Å²) in [6.45, 7) is 3.19. The third-order valence-corrected chi connectivity index (χ3v) is 7.72. The molecular formula is C27H33N7O5S. The molecule has 40 heavy (non-hydrogen) atoms. The Balaban J connectivity index is 1.28. The Hall–Kier alpha value is -3.89. The number of nitrogens with zero attached hydrogens (tertiary/aromatic N) is 5. The molecule has 0 atom stereocenters. The molecule has 212 valence electrons. The number of fused-ring (bicyclic) bond motifs is 1. The zero-order valence-corrected chi connectivity index (χ0v) is 23.4. The molecule has 2 N–H and O–H groups in total. The molecule has 2 aliphatic rings. The maximum Gasteiger partial charge on any atom is 0.229 e. The lowest BCUT2D eigenvalue weighted by Gasteiger charge is -2.30. The van der Waals surface area contributed by atoms with Crippen molar-refractivity contribution in [1.82, 2.24) is 15.0 Å². The van der Waals surface area contributed by atoms with Crippen LogP contribution in [-0.2, 0) is 14.8 Å². The van der Waals surface area contributed by atoms with Crippen molar-refractivity contribution in [2.75, 3.05) is 61.2 Å². The van der Waals surface area contributed by atoms with Crippen molar-refractivity contribution < 1.29 is 22.6 Å². The number of rotatable bonds is 9. The maximum atomic E-state index is 11.8. The van der Waals surface area contributed by atoms with Gasteiger partial charge in [-0.3, -0.25) is 9.71 Å². The topological polar surface area (TPSA) is 152 Å². The van der Waals surface area contributed by atoms with Gasteiger partial charge in [0.15, 0.2) is 11.6 Å². The zero-order valence-electron chi connectivity index (χ0n) is 22.6. The molecule has 12 nitrogen and oxygen atoms in total. The van der Waals surface area contributed by atoms with Crippen LogP contribution in [0.25, 0.3) is 10.9 Å². The van der Waals surface area contributed by atoms with Gasteiger partial charge in [-0.2, -0.15) is 10.2 Å². The highest BCUT2D eigenvalue weighted by molar-refractivity contribution is 7.92. The molecular weight excluding hydrogens is 534 g/mol. The molecule has 1 saturated carbocycles. The van der Waals surface area contributed by atoms with Crippen molar-refractivity contribution >= 4 is 38.2 Å². The second kappa shape index (κ2) is 12.1. The Labute approximate surface area is 233 Å². The van der Waals surface area contributed by atoms with E-state index in [2.05, 4.69) is 31.0 Å². The van der Waals surface area contributed by atoms with E-state index in [0.717, 1.165) is 50.8 Å². The first-order valence-electron chi connectivity index (χ1n) is 13.3. The third kappa shape index (κ3) is 6.81. The highest BCUT2D eigenvalue weighted by Crippen LogP contribution is 2.33. The minimum absolute atomic E-state index is 0.239. The van der Waals surface area contributed by atoms with Crippen LogP contribution in [0.4, 0.5) is 17.3 Å². The number of anilines is 3. The summed E-state index contributed by atoms with van der Waals surface area (Å²) in [6.07, 6.45) is 7.93. The second-order valence-electron chi connectivity index (χ2n) is 10.1. The molecule has 0 aromatic carbocycles. The van der Waals surface area contributed by atoms with Gasteiger partial charge in [0.2, 0.25) is 15.9 Å². The average molecular weight is 568 g/mol. The van der Waals surface area contributed by atoms with E-state index >= 15 is 0 Å². The van der Waals surface area contributed by atoms with E-state index in [1.807, 2.05) is 6.07 Å². The van der Waals surface area contributed by atoms with Crippen LogP contribution in [-0.4, -0.2) is 75.7 Å². The molecule has 1 aliphatic carbocycles. The van der Waals surface area contributed by atoms with Crippen molar-refractivity contribution in [2.45, 2.75) is 31.7 Å². The monoisotopic (exact) mass is 567 g/mol. The number of aromatic nitrogens is 3. The minimum Gasteiger partial charge on any atom is -0.493 e. The molecule has 3 aromatic heterocycles. The first kappa shape index (κ1) is 27.7. The standard InChI is InChI=1S/C27H33N7O5S/c1-37-24-11-19(14-28)15-30-26(24)31-20-5-3-18(4-6-20)17-39-27-22-12-21(33-40(2,35)36)16-29-23(22)13-25(32-27)34-7-9-38-10-8-34/h11-13,15-16,18,20,33H,3-10,17H2,1-2H3,(H,30,31). The van der Waals surface area contributed by atoms with E-state index < -0.39 is 10.0 Å². The Morgan fingerprint density at radius 1 is 1.12 bits per heavy atom. The fraction of sp³-hybridized carbons (Fsp3) is 0.481. The minimum atomic E-state index is -3.46. The van der Waals surface area contributed by atoms with Crippen LogP contribution in [0.15, 0.2) is 30.6 Å². The van der Waals surface area contributed by atoms with Crippen molar-refractivity contribution in [2.24, 2.45) is 5.92 Å². The summed E-state index contributed by atoms with van der Waals surface area (Å²) in [5, 5.41) is 13.2. The van der Waals surface area contributed by atoms with Gasteiger partial charge >= 0.3 is 0 Å². The largest absolute Gasteiger partial charge is 0.493 e. The summed E-state index contributed by atoms with van der Waals surface area (Å²) >= 11 is 0. The molecule has 0 spiro atoms. The number of hydrogen-bond acceptors (Lipinski definition) is 11. The number of nitrogens with one attached hydrogen (secondary N) is 2. The summed E-state index contributed by atoms with van der Waals surface area (Å²) in [5.74, 6) is 2.74. The molecule has 2 fully saturated rings. The predicted molar refractivity (Wildman–Crippen MR) is 151 cm³/mol. The lowest BCUT2D eigenvalue weighted by molar-refractivity contribution is 0.122. The lowest BCUT2D eigenvalue weighted by atomic mass is 9.86. The first-order chi connectivity index (χ1) is 19.3. The van der Waals surface area contributed by atoms with Gasteiger partial charge in [-0.05, 0) is 37.7 Å². The molecule has 0 unspecified atom stereocenters. The number of sulfonamides is 1. The molecule has 1 aliphatic heterocycles. The molecule has 3 aromatic rings. The van der Waals surface area contributed by atoms with E-state index in [1.54, 1.807) is 25.4 Å². The van der Waals surface area contributed by atoms with Gasteiger partial charge < -0.3 is 24.4 Å². The van der Waals surface area contributed by atoms with E-state index in [1.165, 1.54) is 6.20 Å². The van der Waals surface area contributed by atoms with Crippen LogP contribution >= 0.6 is 0 Å². The quantitative estimate of drug-likeness (QED) is 0.392. The van der Waals surface area contributed by atoms with Gasteiger partial charge in [-0.25, -0.2) is 13.4 Å². The molecule has 0 amide bonds. The molecule has 0 bridgehead atoms. The summed E-state index contributed by atoms with van der Waals surface area (Å²) in [7, 11) is -1.89. The smallest absolute Gasteiger partial charge is 0.229 e. The van der Waals surface area contributed by atoms with Gasteiger partial charge in [0, 0.05) is 37.5 Å². The van der Waals surface area contributed by atoms with E-state index in [0.29, 0.717) is 65.3 Å². The van der Waals surface area contributed by atoms with Crippen molar-refractivity contribution in [1.29, 1.82) is 5.26 Å². The van der Waals surface area contributed by atoms with Gasteiger partial charge in [-0.1, -0.05) is 0 Å². The normalized spacial score (nSPS) is 19.6. The van der Waals surface area contributed by atoms with Crippen LogP contribution in [0.2, 0.25) is 0 Å².